The number of alkyl halides is 1. The largest absolute Gasteiger partial charge is 0.391 e. The molecule has 1 N–H and O–H groups in total. The van der Waals surface area contributed by atoms with E-state index in [9.17, 15) is 0 Å². The number of rotatable bonds is 4. The van der Waals surface area contributed by atoms with Crippen molar-refractivity contribution in [1.29, 1.82) is 0 Å². The van der Waals surface area contributed by atoms with Gasteiger partial charge in [0.2, 0.25) is 0 Å². The summed E-state index contributed by atoms with van der Waals surface area (Å²) in [5.41, 5.74) is 0. The van der Waals surface area contributed by atoms with E-state index in [0.29, 0.717) is 6.61 Å². The van der Waals surface area contributed by atoms with Gasteiger partial charge >= 0.3 is 0 Å². The summed E-state index contributed by atoms with van der Waals surface area (Å²) in [6.07, 6.45) is 0.561. The molecular formula is C5H11IO2. The van der Waals surface area contributed by atoms with Crippen LogP contribution in [0, 0.1) is 0 Å². The van der Waals surface area contributed by atoms with Gasteiger partial charge in [0.25, 0.3) is 0 Å². The van der Waals surface area contributed by atoms with Crippen LogP contribution in [0.25, 0.3) is 0 Å². The Labute approximate surface area is 63.4 Å². The third-order valence-corrected chi connectivity index (χ3v) is 1.42. The molecule has 0 aliphatic carbocycles. The first-order chi connectivity index (χ1) is 3.81. The van der Waals surface area contributed by atoms with Crippen molar-refractivity contribution < 1.29 is 9.84 Å². The summed E-state index contributed by atoms with van der Waals surface area (Å²) in [6.45, 7) is 0.461. The third kappa shape index (κ3) is 4.80. The molecule has 0 fully saturated rings. The third-order valence-electron chi connectivity index (χ3n) is 0.801. The van der Waals surface area contributed by atoms with E-state index in [0.717, 1.165) is 10.8 Å². The lowest BCUT2D eigenvalue weighted by atomic mass is 10.3. The molecule has 0 saturated heterocycles. The molecule has 0 rings (SSSR count). The Morgan fingerprint density at radius 3 is 2.75 bits per heavy atom. The van der Waals surface area contributed by atoms with Gasteiger partial charge in [-0.2, -0.15) is 0 Å². The van der Waals surface area contributed by atoms with E-state index in [4.69, 9.17) is 9.84 Å². The molecule has 2 nitrogen and oxygen atoms in total. The van der Waals surface area contributed by atoms with E-state index in [2.05, 4.69) is 22.6 Å². The summed E-state index contributed by atoms with van der Waals surface area (Å²) in [5, 5.41) is 8.92. The Morgan fingerprint density at radius 2 is 2.38 bits per heavy atom. The fourth-order valence-corrected chi connectivity index (χ4v) is 1.12. The Balaban J connectivity index is 2.92. The molecule has 0 radical (unpaired) electrons. The van der Waals surface area contributed by atoms with Gasteiger partial charge in [0, 0.05) is 11.5 Å². The summed E-state index contributed by atoms with van der Waals surface area (Å²) in [7, 11) is 1.59. The van der Waals surface area contributed by atoms with Crippen molar-refractivity contribution in [3.63, 3.8) is 0 Å². The van der Waals surface area contributed by atoms with Crippen molar-refractivity contribution in [3.8, 4) is 0 Å². The normalized spacial score (nSPS) is 13.9. The number of halogens is 1. The van der Waals surface area contributed by atoms with E-state index in [-0.39, 0.29) is 6.10 Å². The first-order valence-electron chi connectivity index (χ1n) is 2.54. The Bertz CT molecular complexity index is 43.7. The number of aliphatic hydroxyl groups is 1. The second-order valence-corrected chi connectivity index (χ2v) is 2.67. The molecule has 0 saturated carbocycles. The molecule has 0 aliphatic rings. The maximum atomic E-state index is 8.92. The van der Waals surface area contributed by atoms with Crippen molar-refractivity contribution in [2.24, 2.45) is 0 Å². The SMILES string of the molecule is COC[C@H](O)CCI. The molecule has 0 heterocycles. The van der Waals surface area contributed by atoms with Gasteiger partial charge in [-0.3, -0.25) is 0 Å². The molecule has 0 amide bonds. The van der Waals surface area contributed by atoms with Gasteiger partial charge in [0.05, 0.1) is 12.7 Å². The van der Waals surface area contributed by atoms with Gasteiger partial charge in [0.15, 0.2) is 0 Å². The molecule has 0 aromatic carbocycles. The zero-order chi connectivity index (χ0) is 6.41. The number of hydrogen-bond acceptors (Lipinski definition) is 2. The van der Waals surface area contributed by atoms with E-state index >= 15 is 0 Å². The van der Waals surface area contributed by atoms with Gasteiger partial charge in [-0.25, -0.2) is 0 Å². The van der Waals surface area contributed by atoms with Crippen LogP contribution in [0.1, 0.15) is 6.42 Å². The lowest BCUT2D eigenvalue weighted by Crippen LogP contribution is -2.13. The average molecular weight is 230 g/mol. The number of aliphatic hydroxyl groups excluding tert-OH is 1. The minimum atomic E-state index is -0.267. The number of methoxy groups -OCH3 is 1. The van der Waals surface area contributed by atoms with Crippen molar-refractivity contribution in [2.75, 3.05) is 18.1 Å². The summed E-state index contributed by atoms with van der Waals surface area (Å²) in [6, 6.07) is 0. The van der Waals surface area contributed by atoms with Crippen molar-refractivity contribution in [1.82, 2.24) is 0 Å². The fourth-order valence-electron chi connectivity index (χ4n) is 0.402. The maximum absolute atomic E-state index is 8.92. The topological polar surface area (TPSA) is 29.5 Å². The molecule has 3 heteroatoms. The first-order valence-corrected chi connectivity index (χ1v) is 4.06. The van der Waals surface area contributed by atoms with Crippen molar-refractivity contribution in [3.05, 3.63) is 0 Å². The molecule has 0 spiro atoms. The van der Waals surface area contributed by atoms with Crippen LogP contribution >= 0.6 is 22.6 Å². The number of hydrogen-bond donors (Lipinski definition) is 1. The van der Waals surface area contributed by atoms with Crippen molar-refractivity contribution in [2.45, 2.75) is 12.5 Å². The molecular weight excluding hydrogens is 219 g/mol. The summed E-state index contributed by atoms with van der Waals surface area (Å²) in [5.74, 6) is 0. The Morgan fingerprint density at radius 1 is 1.75 bits per heavy atom. The molecule has 1 atom stereocenters. The Hall–Kier alpha value is 0.650. The minimum absolute atomic E-state index is 0.267. The second-order valence-electron chi connectivity index (χ2n) is 1.59. The van der Waals surface area contributed by atoms with Gasteiger partial charge in [-0.1, -0.05) is 22.6 Å². The zero-order valence-electron chi connectivity index (χ0n) is 4.93. The highest BCUT2D eigenvalue weighted by Crippen LogP contribution is 1.95. The van der Waals surface area contributed by atoms with Crippen molar-refractivity contribution >= 4 is 22.6 Å². The van der Waals surface area contributed by atoms with Crippen LogP contribution in [0.5, 0.6) is 0 Å². The molecule has 50 valence electrons. The molecule has 0 aliphatic heterocycles. The predicted octanol–water partition coefficient (Wildman–Crippen LogP) is 0.819. The van der Waals surface area contributed by atoms with E-state index in [1.54, 1.807) is 7.11 Å². The number of ether oxygens (including phenoxy) is 1. The molecule has 0 bridgehead atoms. The van der Waals surface area contributed by atoms with Crippen LogP contribution in [-0.2, 0) is 4.74 Å². The quantitative estimate of drug-likeness (QED) is 0.572. The smallest absolute Gasteiger partial charge is 0.0780 e. The molecule has 0 unspecified atom stereocenters. The van der Waals surface area contributed by atoms with Crippen LogP contribution in [-0.4, -0.2) is 29.4 Å². The monoisotopic (exact) mass is 230 g/mol. The summed E-state index contributed by atoms with van der Waals surface area (Å²) < 4.78 is 5.69. The second kappa shape index (κ2) is 5.78. The molecule has 0 aromatic heterocycles. The lowest BCUT2D eigenvalue weighted by Gasteiger charge is -2.04. The van der Waals surface area contributed by atoms with Crippen LogP contribution in [0.15, 0.2) is 0 Å². The Kier molecular flexibility index (Phi) is 6.25. The minimum Gasteiger partial charge on any atom is -0.391 e. The lowest BCUT2D eigenvalue weighted by molar-refractivity contribution is 0.0636. The first kappa shape index (κ1) is 8.65. The van der Waals surface area contributed by atoms with E-state index in [1.807, 2.05) is 0 Å². The highest BCUT2D eigenvalue weighted by Gasteiger charge is 1.99. The average Bonchev–Trinajstić information content (AvgIpc) is 1.68. The standard InChI is InChI=1S/C5H11IO2/c1-8-4-5(7)2-3-6/h5,7H,2-4H2,1H3/t5-/m1/s1. The highest BCUT2D eigenvalue weighted by atomic mass is 127. The summed E-state index contributed by atoms with van der Waals surface area (Å²) in [4.78, 5) is 0. The van der Waals surface area contributed by atoms with Gasteiger partial charge in [-0.05, 0) is 6.42 Å². The summed E-state index contributed by atoms with van der Waals surface area (Å²) >= 11 is 2.23. The molecule has 0 aromatic rings. The maximum Gasteiger partial charge on any atom is 0.0780 e. The van der Waals surface area contributed by atoms with Crippen LogP contribution in [0.2, 0.25) is 0 Å². The van der Waals surface area contributed by atoms with Gasteiger partial charge < -0.3 is 9.84 Å². The van der Waals surface area contributed by atoms with Gasteiger partial charge in [0.1, 0.15) is 0 Å². The van der Waals surface area contributed by atoms with Gasteiger partial charge in [-0.15, -0.1) is 0 Å². The zero-order valence-corrected chi connectivity index (χ0v) is 7.09. The molecule has 8 heavy (non-hydrogen) atoms. The van der Waals surface area contributed by atoms with Crippen LogP contribution < -0.4 is 0 Å². The fraction of sp³-hybridized carbons (Fsp3) is 1.00. The highest BCUT2D eigenvalue weighted by molar-refractivity contribution is 14.1. The van der Waals surface area contributed by atoms with Crippen LogP contribution in [0.4, 0.5) is 0 Å². The predicted molar refractivity (Wildman–Crippen MR) is 41.4 cm³/mol. The van der Waals surface area contributed by atoms with E-state index in [1.165, 1.54) is 0 Å². The van der Waals surface area contributed by atoms with Crippen LogP contribution in [0.3, 0.4) is 0 Å². The van der Waals surface area contributed by atoms with E-state index < -0.39 is 0 Å².